The third kappa shape index (κ3) is 15.1. The number of benzene rings is 2. The second-order valence-corrected chi connectivity index (χ2v) is 19.6. The van der Waals surface area contributed by atoms with E-state index in [-0.39, 0.29) is 68.1 Å². The molecule has 0 saturated heterocycles. The summed E-state index contributed by atoms with van der Waals surface area (Å²) in [5.41, 5.74) is -1.77. The van der Waals surface area contributed by atoms with Gasteiger partial charge in [-0.3, -0.25) is 28.8 Å². The van der Waals surface area contributed by atoms with E-state index < -0.39 is 132 Å². The van der Waals surface area contributed by atoms with Crippen molar-refractivity contribution in [2.24, 2.45) is 0 Å². The number of halogens is 6. The van der Waals surface area contributed by atoms with Gasteiger partial charge in [0.25, 0.3) is 35.4 Å². The fraction of sp³-hybridized carbons (Fsp3) is 0.486. The standard InChI is InChI=1S/C35H44I6N6O17/c36-21-17(30(59)42-1-3-48)23(38)27(25(40)19(21)32(61)44-5-13(54)9-50)46(7-15(56)11-52)34(63)29(58)35(64)47(8-16(57)12-53)28-24(39)18(31(60)43-2-4-49)22(37)20(26(28)41)33(62)45-6-14(55)10-51/h13-16,29,48-58H,1-12H2,(H,42,59)(H,43,60)(H,44,61)(H,45,62). The van der Waals surface area contributed by atoms with E-state index in [4.69, 9.17) is 0 Å². The van der Waals surface area contributed by atoms with E-state index in [1.54, 1.807) is 136 Å². The maximum atomic E-state index is 14.7. The summed E-state index contributed by atoms with van der Waals surface area (Å²) in [6.07, 6.45) is -9.24. The van der Waals surface area contributed by atoms with Crippen LogP contribution in [0.2, 0.25) is 0 Å². The third-order valence-corrected chi connectivity index (χ3v) is 14.8. The van der Waals surface area contributed by atoms with Gasteiger partial charge in [0.15, 0.2) is 0 Å². The van der Waals surface area contributed by atoms with Crippen LogP contribution in [0.4, 0.5) is 11.4 Å². The van der Waals surface area contributed by atoms with Crippen molar-refractivity contribution < 1.29 is 84.9 Å². The first-order chi connectivity index (χ1) is 30.1. The van der Waals surface area contributed by atoms with Gasteiger partial charge in [-0.15, -0.1) is 0 Å². The quantitative estimate of drug-likeness (QED) is 0.0356. The highest BCUT2D eigenvalue weighted by Gasteiger charge is 2.41. The van der Waals surface area contributed by atoms with Crippen LogP contribution in [0.5, 0.6) is 0 Å². The van der Waals surface area contributed by atoms with Gasteiger partial charge in [0.2, 0.25) is 6.10 Å². The van der Waals surface area contributed by atoms with Crippen LogP contribution in [0.15, 0.2) is 0 Å². The molecule has 0 radical (unpaired) electrons. The highest BCUT2D eigenvalue weighted by molar-refractivity contribution is 14.1. The summed E-state index contributed by atoms with van der Waals surface area (Å²) in [4.78, 5) is 85.2. The van der Waals surface area contributed by atoms with Crippen molar-refractivity contribution in [3.63, 3.8) is 0 Å². The monoisotopic (exact) mass is 1580 g/mol. The Hall–Kier alpha value is -0.800. The van der Waals surface area contributed by atoms with Crippen LogP contribution in [-0.2, 0) is 9.59 Å². The van der Waals surface area contributed by atoms with Crippen molar-refractivity contribution in [3.05, 3.63) is 43.7 Å². The predicted molar refractivity (Wildman–Crippen MR) is 276 cm³/mol. The van der Waals surface area contributed by atoms with E-state index in [1.165, 1.54) is 0 Å². The Kier molecular flexibility index (Phi) is 26.5. The molecular formula is C35H44I6N6O17. The molecule has 0 fully saturated rings. The van der Waals surface area contributed by atoms with Crippen molar-refractivity contribution in [3.8, 4) is 0 Å². The molecule has 0 aliphatic carbocycles. The number of aliphatic hydroxyl groups excluding tert-OH is 11. The summed E-state index contributed by atoms with van der Waals surface area (Å²) < 4.78 is -0.443. The van der Waals surface area contributed by atoms with Crippen LogP contribution in [0.1, 0.15) is 41.4 Å². The number of amides is 6. The Labute approximate surface area is 446 Å². The van der Waals surface area contributed by atoms with Gasteiger partial charge in [-0.05, 0) is 136 Å². The minimum absolute atomic E-state index is 0.00937. The molecule has 0 heterocycles. The summed E-state index contributed by atoms with van der Waals surface area (Å²) in [6.45, 7) is -7.72. The summed E-state index contributed by atoms with van der Waals surface area (Å²) >= 11 is 9.91. The van der Waals surface area contributed by atoms with Crippen LogP contribution < -0.4 is 31.1 Å². The zero-order valence-corrected chi connectivity index (χ0v) is 45.8. The maximum absolute atomic E-state index is 14.7. The Balaban J connectivity index is 3.07. The molecule has 2 aromatic carbocycles. The molecule has 64 heavy (non-hydrogen) atoms. The second kappa shape index (κ2) is 28.6. The van der Waals surface area contributed by atoms with Crippen LogP contribution in [-0.4, -0.2) is 201 Å². The molecule has 4 atom stereocenters. The van der Waals surface area contributed by atoms with Crippen LogP contribution in [0.3, 0.4) is 0 Å². The normalized spacial score (nSPS) is 13.6. The maximum Gasteiger partial charge on any atom is 0.265 e. The highest BCUT2D eigenvalue weighted by atomic mass is 127. The number of hydrogen-bond acceptors (Lipinski definition) is 17. The first-order valence-electron chi connectivity index (χ1n) is 18.3. The second-order valence-electron chi connectivity index (χ2n) is 13.1. The number of hydrogen-bond donors (Lipinski definition) is 15. The third-order valence-electron chi connectivity index (χ3n) is 8.46. The lowest BCUT2D eigenvalue weighted by molar-refractivity contribution is -0.138. The number of anilines is 2. The molecule has 0 aliphatic heterocycles. The van der Waals surface area contributed by atoms with Gasteiger partial charge < -0.3 is 87.2 Å². The van der Waals surface area contributed by atoms with Crippen molar-refractivity contribution in [2.75, 3.05) is 88.7 Å². The lowest BCUT2D eigenvalue weighted by atomic mass is 10.0. The van der Waals surface area contributed by atoms with E-state index >= 15 is 0 Å². The first kappa shape index (κ1) is 59.3. The van der Waals surface area contributed by atoms with Gasteiger partial charge in [-0.1, -0.05) is 0 Å². The van der Waals surface area contributed by atoms with Crippen molar-refractivity contribution in [1.29, 1.82) is 0 Å². The lowest BCUT2D eigenvalue weighted by Gasteiger charge is -2.33. The highest BCUT2D eigenvalue weighted by Crippen LogP contribution is 2.41. The molecule has 0 saturated carbocycles. The molecule has 2 aromatic rings. The minimum Gasteiger partial charge on any atom is -0.395 e. The molecule has 0 aliphatic rings. The van der Waals surface area contributed by atoms with Crippen molar-refractivity contribution >= 4 is 182 Å². The zero-order valence-electron chi connectivity index (χ0n) is 32.9. The van der Waals surface area contributed by atoms with Crippen molar-refractivity contribution in [2.45, 2.75) is 30.5 Å². The molecule has 29 heteroatoms. The predicted octanol–water partition coefficient (Wildman–Crippen LogP) is -3.64. The van der Waals surface area contributed by atoms with E-state index in [2.05, 4.69) is 21.3 Å². The largest absolute Gasteiger partial charge is 0.395 e. The van der Waals surface area contributed by atoms with E-state index in [0.29, 0.717) is 9.80 Å². The SMILES string of the molecule is O=C(NCCO)c1c(I)c(C(=O)NCC(O)CO)c(I)c(N(CC(O)CO)C(=O)C(O)C(=O)N(CC(O)CO)c2c(I)c(C(=O)NCCO)c(I)c(C(=O)NCC(O)CO)c2I)c1I. The average molecular weight is 1580 g/mol. The van der Waals surface area contributed by atoms with Crippen LogP contribution in [0, 0.1) is 21.4 Å². The average Bonchev–Trinajstić information content (AvgIpc) is 3.26. The Morgan fingerprint density at radius 2 is 0.688 bits per heavy atom. The van der Waals surface area contributed by atoms with Gasteiger partial charge in [-0.2, -0.15) is 0 Å². The number of nitrogens with zero attached hydrogens (tertiary/aromatic N) is 2. The topological polar surface area (TPSA) is 380 Å². The number of carbonyl (C=O) groups excluding carboxylic acids is 6. The molecular weight excluding hydrogens is 1540 g/mol. The van der Waals surface area contributed by atoms with E-state index in [1.807, 2.05) is 0 Å². The van der Waals surface area contributed by atoms with Gasteiger partial charge in [-0.25, -0.2) is 0 Å². The number of carbonyl (C=O) groups is 6. The first-order valence-corrected chi connectivity index (χ1v) is 24.8. The summed E-state index contributed by atoms with van der Waals surface area (Å²) in [5.74, 6) is -6.69. The van der Waals surface area contributed by atoms with Gasteiger partial charge in [0.05, 0.1) is 125 Å². The number of rotatable bonds is 24. The number of nitrogens with one attached hydrogen (secondary N) is 4. The molecule has 358 valence electrons. The van der Waals surface area contributed by atoms with E-state index in [9.17, 15) is 84.9 Å². The summed E-state index contributed by atoms with van der Waals surface area (Å²) in [7, 11) is 0. The molecule has 2 rings (SSSR count). The van der Waals surface area contributed by atoms with Crippen molar-refractivity contribution in [1.82, 2.24) is 21.3 Å². The smallest absolute Gasteiger partial charge is 0.265 e. The molecule has 23 nitrogen and oxygen atoms in total. The zero-order chi connectivity index (χ0) is 48.7. The summed E-state index contributed by atoms with van der Waals surface area (Å²) in [5, 5.41) is 120. The Morgan fingerprint density at radius 1 is 0.422 bits per heavy atom. The van der Waals surface area contributed by atoms with Gasteiger partial charge in [0.1, 0.15) is 0 Å². The van der Waals surface area contributed by atoms with Gasteiger partial charge >= 0.3 is 0 Å². The van der Waals surface area contributed by atoms with Crippen LogP contribution in [0.25, 0.3) is 0 Å². The van der Waals surface area contributed by atoms with Crippen LogP contribution >= 0.6 is 136 Å². The number of aliphatic hydroxyl groups is 11. The lowest BCUT2D eigenvalue weighted by Crippen LogP contribution is -2.53. The molecule has 4 unspecified atom stereocenters. The van der Waals surface area contributed by atoms with E-state index in [0.717, 1.165) is 0 Å². The molecule has 6 amide bonds. The fourth-order valence-corrected chi connectivity index (χ4v) is 14.8. The fourth-order valence-electron chi connectivity index (χ4n) is 5.34. The minimum atomic E-state index is -2.83. The molecule has 0 bridgehead atoms. The molecule has 0 spiro atoms. The molecule has 0 aromatic heterocycles. The van der Waals surface area contributed by atoms with Gasteiger partial charge in [0, 0.05) is 33.3 Å². The Bertz CT molecular complexity index is 1900. The summed E-state index contributed by atoms with van der Waals surface area (Å²) in [6, 6.07) is 0. The Morgan fingerprint density at radius 3 is 0.938 bits per heavy atom. The molecule has 15 N–H and O–H groups in total.